The lowest BCUT2D eigenvalue weighted by molar-refractivity contribution is 0.111. The van der Waals surface area contributed by atoms with Crippen LogP contribution < -0.4 is 11.1 Å². The number of aliphatic hydroxyl groups excluding tert-OH is 1. The zero-order valence-electron chi connectivity index (χ0n) is 13.3. The molecule has 1 heterocycles. The summed E-state index contributed by atoms with van der Waals surface area (Å²) in [5.74, 6) is 1.57. The van der Waals surface area contributed by atoms with Crippen molar-refractivity contribution in [1.82, 2.24) is 9.97 Å². The van der Waals surface area contributed by atoms with E-state index >= 15 is 0 Å². The summed E-state index contributed by atoms with van der Waals surface area (Å²) < 4.78 is 0. The van der Waals surface area contributed by atoms with Crippen molar-refractivity contribution in [3.63, 3.8) is 0 Å². The van der Waals surface area contributed by atoms with Crippen LogP contribution in [0.25, 0.3) is 0 Å². The lowest BCUT2D eigenvalue weighted by Gasteiger charge is -2.25. The van der Waals surface area contributed by atoms with Crippen LogP contribution in [0, 0.1) is 5.92 Å². The SMILES string of the molecule is Nc1ncc(Sc2ccc(Cl)cc2)c(NCC2CCC(O)CC2)n1. The van der Waals surface area contributed by atoms with Gasteiger partial charge in [0.15, 0.2) is 0 Å². The number of anilines is 2. The van der Waals surface area contributed by atoms with Gasteiger partial charge in [-0.3, -0.25) is 0 Å². The van der Waals surface area contributed by atoms with Crippen LogP contribution in [0.2, 0.25) is 5.02 Å². The van der Waals surface area contributed by atoms with Crippen molar-refractivity contribution in [2.75, 3.05) is 17.6 Å². The van der Waals surface area contributed by atoms with Crippen molar-refractivity contribution in [2.45, 2.75) is 41.6 Å². The van der Waals surface area contributed by atoms with Crippen molar-refractivity contribution in [2.24, 2.45) is 5.92 Å². The summed E-state index contributed by atoms with van der Waals surface area (Å²) in [6.07, 6.45) is 5.44. The molecule has 128 valence electrons. The molecule has 0 amide bonds. The largest absolute Gasteiger partial charge is 0.393 e. The normalized spacial score (nSPS) is 20.8. The first-order valence-corrected chi connectivity index (χ1v) is 9.27. The average Bonchev–Trinajstić information content (AvgIpc) is 2.58. The first-order chi connectivity index (χ1) is 11.6. The van der Waals surface area contributed by atoms with E-state index in [9.17, 15) is 5.11 Å². The molecular formula is C17H21ClN4OS. The van der Waals surface area contributed by atoms with E-state index in [0.717, 1.165) is 47.8 Å². The first kappa shape index (κ1) is 17.3. The van der Waals surface area contributed by atoms with E-state index in [1.165, 1.54) is 0 Å². The number of nitrogen functional groups attached to an aromatic ring is 1. The van der Waals surface area contributed by atoms with Gasteiger partial charge < -0.3 is 16.2 Å². The number of hydrogen-bond donors (Lipinski definition) is 3. The minimum absolute atomic E-state index is 0.132. The predicted octanol–water partition coefficient (Wildman–Crippen LogP) is 3.83. The molecule has 0 atom stereocenters. The van der Waals surface area contributed by atoms with Crippen LogP contribution in [0.3, 0.4) is 0 Å². The number of nitrogens with zero attached hydrogens (tertiary/aromatic N) is 2. The Morgan fingerprint density at radius 3 is 2.62 bits per heavy atom. The predicted molar refractivity (Wildman–Crippen MR) is 98.5 cm³/mol. The topological polar surface area (TPSA) is 84.1 Å². The number of hydrogen-bond acceptors (Lipinski definition) is 6. The molecule has 0 unspecified atom stereocenters. The molecule has 5 nitrogen and oxygen atoms in total. The third-order valence-electron chi connectivity index (χ3n) is 4.19. The second kappa shape index (κ2) is 8.05. The standard InChI is InChI=1S/C17H21ClN4OS/c18-12-3-7-14(8-4-12)24-15-10-21-17(19)22-16(15)20-9-11-1-5-13(23)6-2-11/h3-4,7-8,10-11,13,23H,1-2,5-6,9H2,(H3,19,20,21,22). The Bertz CT molecular complexity index is 675. The lowest BCUT2D eigenvalue weighted by Crippen LogP contribution is -2.24. The minimum Gasteiger partial charge on any atom is -0.393 e. The number of halogens is 1. The molecule has 0 saturated heterocycles. The van der Waals surface area contributed by atoms with Crippen LogP contribution in [0.1, 0.15) is 25.7 Å². The molecule has 0 radical (unpaired) electrons. The van der Waals surface area contributed by atoms with E-state index in [0.29, 0.717) is 10.9 Å². The number of nitrogens with two attached hydrogens (primary N) is 1. The summed E-state index contributed by atoms with van der Waals surface area (Å²) in [4.78, 5) is 10.4. The fraction of sp³-hybridized carbons (Fsp3) is 0.412. The van der Waals surface area contributed by atoms with Crippen LogP contribution in [0.5, 0.6) is 0 Å². The Hall–Kier alpha value is -1.50. The van der Waals surface area contributed by atoms with Crippen LogP contribution >= 0.6 is 23.4 Å². The van der Waals surface area contributed by atoms with Gasteiger partial charge in [0.25, 0.3) is 0 Å². The summed E-state index contributed by atoms with van der Waals surface area (Å²) >= 11 is 7.51. The van der Waals surface area contributed by atoms with Crippen molar-refractivity contribution in [3.05, 3.63) is 35.5 Å². The van der Waals surface area contributed by atoms with Crippen LogP contribution in [-0.2, 0) is 0 Å². The first-order valence-electron chi connectivity index (χ1n) is 8.08. The number of aromatic nitrogens is 2. The van der Waals surface area contributed by atoms with Gasteiger partial charge in [0.1, 0.15) is 5.82 Å². The smallest absolute Gasteiger partial charge is 0.221 e. The highest BCUT2D eigenvalue weighted by molar-refractivity contribution is 7.99. The zero-order chi connectivity index (χ0) is 16.9. The third kappa shape index (κ3) is 4.75. The number of aliphatic hydroxyl groups is 1. The van der Waals surface area contributed by atoms with Crippen molar-refractivity contribution < 1.29 is 5.11 Å². The molecule has 24 heavy (non-hydrogen) atoms. The lowest BCUT2D eigenvalue weighted by atomic mass is 9.87. The Kier molecular flexibility index (Phi) is 5.81. The van der Waals surface area contributed by atoms with Gasteiger partial charge in [0, 0.05) is 22.7 Å². The molecule has 1 aliphatic carbocycles. The highest BCUT2D eigenvalue weighted by Gasteiger charge is 2.19. The Balaban J connectivity index is 1.67. The van der Waals surface area contributed by atoms with Crippen molar-refractivity contribution in [1.29, 1.82) is 0 Å². The van der Waals surface area contributed by atoms with E-state index in [4.69, 9.17) is 17.3 Å². The Labute approximate surface area is 151 Å². The number of rotatable bonds is 5. The van der Waals surface area contributed by atoms with E-state index in [1.807, 2.05) is 24.3 Å². The molecule has 1 aromatic heterocycles. The van der Waals surface area contributed by atoms with Gasteiger partial charge in [0.2, 0.25) is 5.95 Å². The molecule has 0 spiro atoms. The van der Waals surface area contributed by atoms with E-state index in [1.54, 1.807) is 18.0 Å². The Morgan fingerprint density at radius 2 is 1.92 bits per heavy atom. The van der Waals surface area contributed by atoms with E-state index in [2.05, 4.69) is 15.3 Å². The fourth-order valence-electron chi connectivity index (χ4n) is 2.81. The van der Waals surface area contributed by atoms with Crippen molar-refractivity contribution in [3.8, 4) is 0 Å². The molecular weight excluding hydrogens is 344 g/mol. The summed E-state index contributed by atoms with van der Waals surface area (Å²) in [6.45, 7) is 0.831. The Morgan fingerprint density at radius 1 is 1.21 bits per heavy atom. The fourth-order valence-corrected chi connectivity index (χ4v) is 3.78. The van der Waals surface area contributed by atoms with Gasteiger partial charge in [-0.15, -0.1) is 0 Å². The van der Waals surface area contributed by atoms with Gasteiger partial charge in [0.05, 0.1) is 11.0 Å². The van der Waals surface area contributed by atoms with Crippen LogP contribution in [-0.4, -0.2) is 27.7 Å². The average molecular weight is 365 g/mol. The highest BCUT2D eigenvalue weighted by atomic mass is 35.5. The van der Waals surface area contributed by atoms with Crippen LogP contribution in [0.4, 0.5) is 11.8 Å². The van der Waals surface area contributed by atoms with Gasteiger partial charge in [-0.1, -0.05) is 23.4 Å². The van der Waals surface area contributed by atoms with Crippen LogP contribution in [0.15, 0.2) is 40.3 Å². The molecule has 3 rings (SSSR count). The van der Waals surface area contributed by atoms with E-state index in [-0.39, 0.29) is 12.1 Å². The van der Waals surface area contributed by atoms with Crippen molar-refractivity contribution >= 4 is 35.1 Å². The number of benzene rings is 1. The molecule has 1 saturated carbocycles. The van der Waals surface area contributed by atoms with Gasteiger partial charge >= 0.3 is 0 Å². The maximum absolute atomic E-state index is 9.61. The zero-order valence-corrected chi connectivity index (χ0v) is 14.9. The summed E-state index contributed by atoms with van der Waals surface area (Å²) in [5, 5.41) is 13.7. The van der Waals surface area contributed by atoms with Gasteiger partial charge in [-0.2, -0.15) is 4.98 Å². The summed E-state index contributed by atoms with van der Waals surface area (Å²) in [7, 11) is 0. The molecule has 0 bridgehead atoms. The molecule has 1 fully saturated rings. The molecule has 1 aliphatic rings. The second-order valence-corrected chi connectivity index (χ2v) is 7.60. The molecule has 4 N–H and O–H groups in total. The summed E-state index contributed by atoms with van der Waals surface area (Å²) in [6, 6.07) is 7.66. The second-order valence-electron chi connectivity index (χ2n) is 6.05. The highest BCUT2D eigenvalue weighted by Crippen LogP contribution is 2.33. The molecule has 7 heteroatoms. The van der Waals surface area contributed by atoms with E-state index < -0.39 is 0 Å². The molecule has 0 aliphatic heterocycles. The summed E-state index contributed by atoms with van der Waals surface area (Å²) in [5.41, 5.74) is 5.75. The maximum Gasteiger partial charge on any atom is 0.221 e. The maximum atomic E-state index is 9.61. The monoisotopic (exact) mass is 364 g/mol. The number of nitrogens with one attached hydrogen (secondary N) is 1. The van der Waals surface area contributed by atoms with Gasteiger partial charge in [-0.05, 0) is 55.9 Å². The minimum atomic E-state index is -0.132. The molecule has 1 aromatic carbocycles. The molecule has 2 aromatic rings. The third-order valence-corrected chi connectivity index (χ3v) is 5.47. The van der Waals surface area contributed by atoms with Gasteiger partial charge in [-0.25, -0.2) is 4.98 Å². The quantitative estimate of drug-likeness (QED) is 0.747.